The van der Waals surface area contributed by atoms with Crippen molar-refractivity contribution in [3.63, 3.8) is 0 Å². The summed E-state index contributed by atoms with van der Waals surface area (Å²) in [4.78, 5) is 30.9. The van der Waals surface area contributed by atoms with E-state index in [9.17, 15) is 9.59 Å². The van der Waals surface area contributed by atoms with Gasteiger partial charge in [0.25, 0.3) is 5.56 Å². The number of amides is 1. The smallest absolute Gasteiger partial charge is 0.272 e. The van der Waals surface area contributed by atoms with E-state index in [1.165, 1.54) is 23.1 Å². The third-order valence-electron chi connectivity index (χ3n) is 5.21. The SMILES string of the molecule is Cc1ccc(Cn2c(SCC(=O)Nc3cc(C)[nH]n3)nc3c(sc4ccccc43)c2=O)cc1. The monoisotopic (exact) mass is 475 g/mol. The second-order valence-electron chi connectivity index (χ2n) is 7.82. The van der Waals surface area contributed by atoms with Crippen LogP contribution >= 0.6 is 23.1 Å². The van der Waals surface area contributed by atoms with E-state index in [4.69, 9.17) is 4.98 Å². The third kappa shape index (κ3) is 4.42. The minimum Gasteiger partial charge on any atom is -0.308 e. The molecule has 0 fully saturated rings. The van der Waals surface area contributed by atoms with Gasteiger partial charge in [-0.1, -0.05) is 59.8 Å². The van der Waals surface area contributed by atoms with Crippen LogP contribution in [-0.4, -0.2) is 31.4 Å². The number of thioether (sulfide) groups is 1. The summed E-state index contributed by atoms with van der Waals surface area (Å²) in [5.74, 6) is 0.375. The number of fused-ring (bicyclic) bond motifs is 3. The van der Waals surface area contributed by atoms with Gasteiger partial charge in [0.05, 0.1) is 17.8 Å². The molecule has 9 heteroatoms. The molecule has 1 amide bonds. The van der Waals surface area contributed by atoms with Crippen molar-refractivity contribution >= 4 is 55.1 Å². The predicted octanol–water partition coefficient (Wildman–Crippen LogP) is 4.73. The van der Waals surface area contributed by atoms with Crippen molar-refractivity contribution in [1.82, 2.24) is 19.7 Å². The summed E-state index contributed by atoms with van der Waals surface area (Å²) in [5, 5.41) is 11.1. The first kappa shape index (κ1) is 21.4. The number of aryl methyl sites for hydroxylation is 2. The molecule has 0 unspecified atom stereocenters. The Morgan fingerprint density at radius 3 is 2.70 bits per heavy atom. The fraction of sp³-hybridized carbons (Fsp3) is 0.167. The molecule has 166 valence electrons. The van der Waals surface area contributed by atoms with Crippen LogP contribution in [0.2, 0.25) is 0 Å². The van der Waals surface area contributed by atoms with Crippen LogP contribution in [0.25, 0.3) is 20.3 Å². The fourth-order valence-electron chi connectivity index (χ4n) is 3.57. The minimum absolute atomic E-state index is 0.0902. The maximum Gasteiger partial charge on any atom is 0.272 e. The van der Waals surface area contributed by atoms with Crippen molar-refractivity contribution < 1.29 is 4.79 Å². The summed E-state index contributed by atoms with van der Waals surface area (Å²) in [6.45, 7) is 4.28. The second kappa shape index (κ2) is 8.84. The molecule has 33 heavy (non-hydrogen) atoms. The normalized spacial score (nSPS) is 11.3. The molecule has 2 N–H and O–H groups in total. The van der Waals surface area contributed by atoms with Crippen molar-refractivity contribution in [1.29, 1.82) is 0 Å². The number of hydrogen-bond donors (Lipinski definition) is 2. The molecule has 5 rings (SSSR count). The summed E-state index contributed by atoms with van der Waals surface area (Å²) < 4.78 is 3.32. The van der Waals surface area contributed by atoms with Gasteiger partial charge in [-0.2, -0.15) is 5.10 Å². The number of nitrogens with one attached hydrogen (secondary N) is 2. The van der Waals surface area contributed by atoms with Gasteiger partial charge in [-0.05, 0) is 25.5 Å². The highest BCUT2D eigenvalue weighted by atomic mass is 32.2. The lowest BCUT2D eigenvalue weighted by Crippen LogP contribution is -2.24. The Labute approximate surface area is 197 Å². The lowest BCUT2D eigenvalue weighted by molar-refractivity contribution is -0.113. The van der Waals surface area contributed by atoms with Crippen LogP contribution < -0.4 is 10.9 Å². The average Bonchev–Trinajstić information content (AvgIpc) is 3.39. The van der Waals surface area contributed by atoms with Crippen molar-refractivity contribution in [2.24, 2.45) is 0 Å². The van der Waals surface area contributed by atoms with E-state index in [1.54, 1.807) is 10.6 Å². The number of hydrogen-bond acceptors (Lipinski definition) is 6. The first-order valence-electron chi connectivity index (χ1n) is 10.4. The van der Waals surface area contributed by atoms with Gasteiger partial charge in [-0.3, -0.25) is 19.3 Å². The van der Waals surface area contributed by atoms with Gasteiger partial charge in [0.1, 0.15) is 4.70 Å². The standard InChI is InChI=1S/C24H21N5O2S2/c1-14-7-9-16(10-8-14)12-29-23(31)22-21(17-5-3-4-6-18(17)33-22)26-24(29)32-13-20(30)25-19-11-15(2)27-28-19/h3-11H,12-13H2,1-2H3,(H2,25,27,28,30). The van der Waals surface area contributed by atoms with Gasteiger partial charge in [0, 0.05) is 21.8 Å². The van der Waals surface area contributed by atoms with Crippen LogP contribution in [0.1, 0.15) is 16.8 Å². The summed E-state index contributed by atoms with van der Waals surface area (Å²) in [6.07, 6.45) is 0. The zero-order valence-electron chi connectivity index (χ0n) is 18.1. The number of carbonyl (C=O) groups is 1. The Morgan fingerprint density at radius 1 is 1.15 bits per heavy atom. The molecule has 0 saturated carbocycles. The Hall–Kier alpha value is -3.43. The van der Waals surface area contributed by atoms with E-state index in [2.05, 4.69) is 15.5 Å². The molecule has 3 aromatic heterocycles. The van der Waals surface area contributed by atoms with Crippen LogP contribution in [0.3, 0.4) is 0 Å². The summed E-state index contributed by atoms with van der Waals surface area (Å²) in [5.41, 5.74) is 3.62. The quantitative estimate of drug-likeness (QED) is 0.274. The summed E-state index contributed by atoms with van der Waals surface area (Å²) >= 11 is 2.71. The molecule has 0 radical (unpaired) electrons. The van der Waals surface area contributed by atoms with E-state index >= 15 is 0 Å². The Bertz CT molecular complexity index is 1530. The molecule has 5 aromatic rings. The van der Waals surface area contributed by atoms with Gasteiger partial charge in [-0.25, -0.2) is 4.98 Å². The van der Waals surface area contributed by atoms with Gasteiger partial charge < -0.3 is 5.32 Å². The molecule has 0 aliphatic heterocycles. The topological polar surface area (TPSA) is 92.7 Å². The van der Waals surface area contributed by atoms with Gasteiger partial charge in [0.2, 0.25) is 5.91 Å². The largest absolute Gasteiger partial charge is 0.308 e. The lowest BCUT2D eigenvalue weighted by Gasteiger charge is -2.12. The van der Waals surface area contributed by atoms with Crippen molar-refractivity contribution in [3.8, 4) is 0 Å². The lowest BCUT2D eigenvalue weighted by atomic mass is 10.1. The van der Waals surface area contributed by atoms with Crippen LogP contribution in [-0.2, 0) is 11.3 Å². The van der Waals surface area contributed by atoms with Crippen LogP contribution in [0, 0.1) is 13.8 Å². The second-order valence-corrected chi connectivity index (χ2v) is 9.81. The number of rotatable bonds is 6. The number of benzene rings is 2. The van der Waals surface area contributed by atoms with Crippen molar-refractivity contribution in [2.45, 2.75) is 25.5 Å². The van der Waals surface area contributed by atoms with Gasteiger partial charge >= 0.3 is 0 Å². The maximum atomic E-state index is 13.5. The number of carbonyl (C=O) groups excluding carboxylic acids is 1. The first-order valence-corrected chi connectivity index (χ1v) is 12.2. The summed E-state index contributed by atoms with van der Waals surface area (Å²) in [6, 6.07) is 17.7. The van der Waals surface area contributed by atoms with E-state index in [1.807, 2.05) is 62.4 Å². The molecule has 7 nitrogen and oxygen atoms in total. The Kier molecular flexibility index (Phi) is 5.74. The number of H-pyrrole nitrogens is 1. The molecule has 0 atom stereocenters. The van der Waals surface area contributed by atoms with Crippen LogP contribution in [0.5, 0.6) is 0 Å². The van der Waals surface area contributed by atoms with E-state index in [0.717, 1.165) is 26.9 Å². The molecule has 2 aromatic carbocycles. The Morgan fingerprint density at radius 2 is 1.94 bits per heavy atom. The number of aromatic amines is 1. The number of anilines is 1. The molecule has 0 bridgehead atoms. The highest BCUT2D eigenvalue weighted by molar-refractivity contribution is 7.99. The van der Waals surface area contributed by atoms with Gasteiger partial charge in [-0.15, -0.1) is 11.3 Å². The van der Waals surface area contributed by atoms with Crippen molar-refractivity contribution in [3.05, 3.63) is 81.8 Å². The van der Waals surface area contributed by atoms with E-state index in [0.29, 0.717) is 27.7 Å². The zero-order valence-corrected chi connectivity index (χ0v) is 19.7. The van der Waals surface area contributed by atoms with E-state index < -0.39 is 0 Å². The Balaban J connectivity index is 1.52. The fourth-order valence-corrected chi connectivity index (χ4v) is 5.45. The highest BCUT2D eigenvalue weighted by Crippen LogP contribution is 2.32. The zero-order chi connectivity index (χ0) is 22.9. The third-order valence-corrected chi connectivity index (χ3v) is 7.34. The molecule has 0 aliphatic rings. The van der Waals surface area contributed by atoms with Crippen LogP contribution in [0.15, 0.2) is 64.5 Å². The summed E-state index contributed by atoms with van der Waals surface area (Å²) in [7, 11) is 0. The molecule has 0 spiro atoms. The molecular formula is C24H21N5O2S2. The van der Waals surface area contributed by atoms with Crippen molar-refractivity contribution in [2.75, 3.05) is 11.1 Å². The number of aromatic nitrogens is 4. The number of thiophene rings is 1. The number of nitrogens with zero attached hydrogens (tertiary/aromatic N) is 3. The molecule has 0 saturated heterocycles. The van der Waals surface area contributed by atoms with Crippen LogP contribution in [0.4, 0.5) is 5.82 Å². The van der Waals surface area contributed by atoms with E-state index in [-0.39, 0.29) is 17.2 Å². The molecule has 3 heterocycles. The minimum atomic E-state index is -0.210. The first-order chi connectivity index (χ1) is 16.0. The molecular weight excluding hydrogens is 454 g/mol. The van der Waals surface area contributed by atoms with Gasteiger partial charge in [0.15, 0.2) is 11.0 Å². The highest BCUT2D eigenvalue weighted by Gasteiger charge is 2.18. The maximum absolute atomic E-state index is 13.5. The molecule has 0 aliphatic carbocycles. The average molecular weight is 476 g/mol. The predicted molar refractivity (Wildman–Crippen MR) is 134 cm³/mol.